The Bertz CT molecular complexity index is 528. The van der Waals surface area contributed by atoms with Gasteiger partial charge in [0.1, 0.15) is 5.82 Å². The predicted molar refractivity (Wildman–Crippen MR) is 77.6 cm³/mol. The van der Waals surface area contributed by atoms with E-state index in [0.717, 1.165) is 45.4 Å². The third-order valence-electron chi connectivity index (χ3n) is 4.65. The van der Waals surface area contributed by atoms with Crippen molar-refractivity contribution < 1.29 is 9.31 Å². The van der Waals surface area contributed by atoms with Gasteiger partial charge in [-0.3, -0.25) is 15.0 Å². The van der Waals surface area contributed by atoms with Gasteiger partial charge >= 0.3 is 0 Å². The van der Waals surface area contributed by atoms with Gasteiger partial charge in [0.05, 0.1) is 10.5 Å². The Labute approximate surface area is 123 Å². The van der Waals surface area contributed by atoms with Crippen LogP contribution >= 0.6 is 0 Å². The van der Waals surface area contributed by atoms with E-state index in [1.807, 2.05) is 0 Å². The molecule has 1 atom stereocenters. The van der Waals surface area contributed by atoms with E-state index in [1.54, 1.807) is 0 Å². The van der Waals surface area contributed by atoms with E-state index in [9.17, 15) is 14.5 Å². The number of halogens is 1. The SMILES string of the molecule is O=[N+]([O-])c1ccc(F)cc1[C@@H](C1CCC1)N1CCNCC1. The fourth-order valence-electron chi connectivity index (χ4n) is 3.39. The number of rotatable bonds is 4. The van der Waals surface area contributed by atoms with Gasteiger partial charge in [0.2, 0.25) is 0 Å². The van der Waals surface area contributed by atoms with Crippen molar-refractivity contribution in [2.75, 3.05) is 26.2 Å². The van der Waals surface area contributed by atoms with Gasteiger partial charge in [-0.2, -0.15) is 0 Å². The summed E-state index contributed by atoms with van der Waals surface area (Å²) in [6.45, 7) is 3.47. The lowest BCUT2D eigenvalue weighted by atomic mass is 9.76. The molecule has 1 saturated carbocycles. The van der Waals surface area contributed by atoms with Crippen LogP contribution in [0.25, 0.3) is 0 Å². The summed E-state index contributed by atoms with van der Waals surface area (Å²) < 4.78 is 13.7. The van der Waals surface area contributed by atoms with Crippen molar-refractivity contribution in [3.8, 4) is 0 Å². The number of nitrogens with one attached hydrogen (secondary N) is 1. The van der Waals surface area contributed by atoms with Crippen molar-refractivity contribution in [2.45, 2.75) is 25.3 Å². The van der Waals surface area contributed by atoms with Gasteiger partial charge in [-0.25, -0.2) is 4.39 Å². The molecule has 6 heteroatoms. The van der Waals surface area contributed by atoms with Gasteiger partial charge in [-0.15, -0.1) is 0 Å². The fraction of sp³-hybridized carbons (Fsp3) is 0.600. The normalized spacial score (nSPS) is 21.8. The highest BCUT2D eigenvalue weighted by Crippen LogP contribution is 2.44. The summed E-state index contributed by atoms with van der Waals surface area (Å²) in [5, 5.41) is 14.6. The number of benzene rings is 1. The smallest absolute Gasteiger partial charge is 0.274 e. The molecule has 1 aliphatic heterocycles. The number of nitrogens with zero attached hydrogens (tertiary/aromatic N) is 2. The zero-order valence-electron chi connectivity index (χ0n) is 11.9. The van der Waals surface area contributed by atoms with Crippen molar-refractivity contribution in [3.05, 3.63) is 39.7 Å². The van der Waals surface area contributed by atoms with E-state index in [2.05, 4.69) is 10.2 Å². The molecule has 1 aliphatic carbocycles. The van der Waals surface area contributed by atoms with E-state index in [-0.39, 0.29) is 16.7 Å². The van der Waals surface area contributed by atoms with Crippen LogP contribution in [-0.2, 0) is 0 Å². The third-order valence-corrected chi connectivity index (χ3v) is 4.65. The maximum Gasteiger partial charge on any atom is 0.274 e. The van der Waals surface area contributed by atoms with Gasteiger partial charge < -0.3 is 5.32 Å². The fourth-order valence-corrected chi connectivity index (χ4v) is 3.39. The second-order valence-corrected chi connectivity index (χ2v) is 5.88. The second kappa shape index (κ2) is 6.07. The van der Waals surface area contributed by atoms with Crippen molar-refractivity contribution in [3.63, 3.8) is 0 Å². The number of nitro benzene ring substituents is 1. The molecule has 0 amide bonds. The van der Waals surface area contributed by atoms with Crippen LogP contribution in [-0.4, -0.2) is 36.0 Å². The van der Waals surface area contributed by atoms with Crippen LogP contribution in [0, 0.1) is 21.8 Å². The number of hydrogen-bond donors (Lipinski definition) is 1. The molecule has 1 heterocycles. The molecule has 0 aromatic heterocycles. The van der Waals surface area contributed by atoms with E-state index in [1.165, 1.54) is 18.2 Å². The number of hydrogen-bond acceptors (Lipinski definition) is 4. The first-order valence-corrected chi connectivity index (χ1v) is 7.55. The Kier molecular flexibility index (Phi) is 4.17. The first-order valence-electron chi connectivity index (χ1n) is 7.55. The highest BCUT2D eigenvalue weighted by atomic mass is 19.1. The van der Waals surface area contributed by atoms with Crippen molar-refractivity contribution in [2.24, 2.45) is 5.92 Å². The Hall–Kier alpha value is -1.53. The summed E-state index contributed by atoms with van der Waals surface area (Å²) in [7, 11) is 0. The molecule has 3 rings (SSSR count). The zero-order chi connectivity index (χ0) is 14.8. The highest BCUT2D eigenvalue weighted by molar-refractivity contribution is 5.43. The molecule has 2 fully saturated rings. The minimum Gasteiger partial charge on any atom is -0.314 e. The molecule has 21 heavy (non-hydrogen) atoms. The van der Waals surface area contributed by atoms with Gasteiger partial charge in [0.25, 0.3) is 5.69 Å². The monoisotopic (exact) mass is 293 g/mol. The van der Waals surface area contributed by atoms with E-state index in [4.69, 9.17) is 0 Å². The second-order valence-electron chi connectivity index (χ2n) is 5.88. The van der Waals surface area contributed by atoms with Crippen LogP contribution < -0.4 is 5.32 Å². The zero-order valence-corrected chi connectivity index (χ0v) is 11.9. The Balaban J connectivity index is 1.98. The van der Waals surface area contributed by atoms with Gasteiger partial charge in [-0.1, -0.05) is 6.42 Å². The lowest BCUT2D eigenvalue weighted by Crippen LogP contribution is -2.48. The summed E-state index contributed by atoms with van der Waals surface area (Å²) in [5.41, 5.74) is 0.596. The third kappa shape index (κ3) is 2.91. The van der Waals surface area contributed by atoms with Crippen LogP contribution in [0.15, 0.2) is 18.2 Å². The van der Waals surface area contributed by atoms with Crippen molar-refractivity contribution in [1.29, 1.82) is 0 Å². The Morgan fingerprint density at radius 2 is 2.05 bits per heavy atom. The lowest BCUT2D eigenvalue weighted by molar-refractivity contribution is -0.386. The molecule has 1 aromatic carbocycles. The molecule has 0 unspecified atom stereocenters. The predicted octanol–water partition coefficient (Wildman–Crippen LogP) is 2.48. The summed E-state index contributed by atoms with van der Waals surface area (Å²) in [6, 6.07) is 3.82. The topological polar surface area (TPSA) is 58.4 Å². The van der Waals surface area contributed by atoms with E-state index in [0.29, 0.717) is 11.5 Å². The molecule has 0 bridgehead atoms. The molecule has 2 aliphatic rings. The highest BCUT2D eigenvalue weighted by Gasteiger charge is 2.37. The maximum atomic E-state index is 13.7. The molecule has 5 nitrogen and oxygen atoms in total. The number of nitro groups is 1. The van der Waals surface area contributed by atoms with Crippen LogP contribution in [0.1, 0.15) is 30.9 Å². The van der Waals surface area contributed by atoms with Crippen LogP contribution in [0.2, 0.25) is 0 Å². The maximum absolute atomic E-state index is 13.7. The summed E-state index contributed by atoms with van der Waals surface area (Å²) in [6.07, 6.45) is 3.31. The minimum absolute atomic E-state index is 0.0306. The largest absolute Gasteiger partial charge is 0.314 e. The van der Waals surface area contributed by atoms with E-state index >= 15 is 0 Å². The Morgan fingerprint density at radius 1 is 1.33 bits per heavy atom. The quantitative estimate of drug-likeness (QED) is 0.684. The van der Waals surface area contributed by atoms with Crippen LogP contribution in [0.3, 0.4) is 0 Å². The van der Waals surface area contributed by atoms with Crippen LogP contribution in [0.4, 0.5) is 10.1 Å². The van der Waals surface area contributed by atoms with Gasteiger partial charge in [-0.05, 0) is 30.9 Å². The molecule has 1 saturated heterocycles. The van der Waals surface area contributed by atoms with Gasteiger partial charge in [0.15, 0.2) is 0 Å². The van der Waals surface area contributed by atoms with Crippen molar-refractivity contribution in [1.82, 2.24) is 10.2 Å². The molecule has 1 N–H and O–H groups in total. The van der Waals surface area contributed by atoms with Crippen molar-refractivity contribution >= 4 is 5.69 Å². The van der Waals surface area contributed by atoms with Gasteiger partial charge in [0, 0.05) is 38.3 Å². The first kappa shape index (κ1) is 14.4. The molecule has 1 aromatic rings. The lowest BCUT2D eigenvalue weighted by Gasteiger charge is -2.43. The number of piperazine rings is 1. The first-order chi connectivity index (χ1) is 10.2. The minimum atomic E-state index is -0.393. The molecular formula is C15H20FN3O2. The molecular weight excluding hydrogens is 273 g/mol. The summed E-state index contributed by atoms with van der Waals surface area (Å²) in [4.78, 5) is 13.2. The molecule has 114 valence electrons. The summed E-state index contributed by atoms with van der Waals surface area (Å²) >= 11 is 0. The summed E-state index contributed by atoms with van der Waals surface area (Å²) in [5.74, 6) is 0.0126. The molecule has 0 radical (unpaired) electrons. The standard InChI is InChI=1S/C15H20FN3O2/c16-12-4-5-14(19(20)21)13(10-12)15(11-2-1-3-11)18-8-6-17-7-9-18/h4-5,10-11,15,17H,1-3,6-9H2/t15-/m1/s1. The van der Waals surface area contributed by atoms with Crippen LogP contribution in [0.5, 0.6) is 0 Å². The Morgan fingerprint density at radius 3 is 2.62 bits per heavy atom. The van der Waals surface area contributed by atoms with E-state index < -0.39 is 5.82 Å². The molecule has 0 spiro atoms. The average molecular weight is 293 g/mol. The average Bonchev–Trinajstić information content (AvgIpc) is 2.43.